The fourth-order valence-corrected chi connectivity index (χ4v) is 2.75. The lowest BCUT2D eigenvalue weighted by Crippen LogP contribution is -2.11. The minimum absolute atomic E-state index is 0.182. The molecular weight excluding hydrogens is 348 g/mol. The quantitative estimate of drug-likeness (QED) is 0.657. The van der Waals surface area contributed by atoms with E-state index in [0.29, 0.717) is 0 Å². The van der Waals surface area contributed by atoms with Crippen LogP contribution < -0.4 is 4.74 Å². The highest BCUT2D eigenvalue weighted by Crippen LogP contribution is 2.26. The Bertz CT molecular complexity index is 679. The molecule has 0 aliphatic carbocycles. The maximum absolute atomic E-state index is 9.89. The van der Waals surface area contributed by atoms with Crippen molar-refractivity contribution < 1.29 is 14.9 Å². The molecule has 28 heavy (non-hydrogen) atoms. The first-order valence-electron chi connectivity index (χ1n) is 10.1. The van der Waals surface area contributed by atoms with Gasteiger partial charge in [0.1, 0.15) is 5.75 Å². The molecule has 2 aromatic rings. The number of aliphatic hydroxyl groups is 2. The highest BCUT2D eigenvalue weighted by molar-refractivity contribution is 5.29. The van der Waals surface area contributed by atoms with Crippen LogP contribution in [0, 0.1) is 11.8 Å². The lowest BCUT2D eigenvalue weighted by atomic mass is 9.86. The summed E-state index contributed by atoms with van der Waals surface area (Å²) in [6.45, 7) is 14.6. The fraction of sp³-hybridized carbons (Fsp3) is 0.520. The second-order valence-electron chi connectivity index (χ2n) is 9.02. The number of ether oxygens (including phenoxy) is 1. The fourth-order valence-electron chi connectivity index (χ4n) is 2.75. The van der Waals surface area contributed by atoms with Gasteiger partial charge >= 0.3 is 0 Å². The Balaban J connectivity index is 0.000000283. The number of methoxy groups -OCH3 is 1. The van der Waals surface area contributed by atoms with E-state index in [1.54, 1.807) is 7.11 Å². The van der Waals surface area contributed by atoms with Crippen LogP contribution in [-0.4, -0.2) is 17.3 Å². The average Bonchev–Trinajstić information content (AvgIpc) is 2.66. The maximum Gasteiger partial charge on any atom is 0.118 e. The van der Waals surface area contributed by atoms with Crippen LogP contribution in [0.1, 0.15) is 77.4 Å². The average molecular weight is 387 g/mol. The minimum Gasteiger partial charge on any atom is -0.497 e. The molecule has 0 radical (unpaired) electrons. The zero-order valence-electron chi connectivity index (χ0n) is 18.7. The van der Waals surface area contributed by atoms with Crippen molar-refractivity contribution in [3.05, 3.63) is 65.2 Å². The molecule has 2 unspecified atom stereocenters. The molecule has 2 aromatic carbocycles. The van der Waals surface area contributed by atoms with E-state index in [1.807, 2.05) is 64.1 Å². The number of hydrogen-bond acceptors (Lipinski definition) is 3. The van der Waals surface area contributed by atoms with Crippen molar-refractivity contribution in [2.24, 2.45) is 11.8 Å². The summed E-state index contributed by atoms with van der Waals surface area (Å²) in [6.07, 6.45) is -0.732. The molecule has 0 aromatic heterocycles. The Labute approximate surface area is 171 Å². The Kier molecular flexibility index (Phi) is 9.19. The van der Waals surface area contributed by atoms with Gasteiger partial charge in [-0.25, -0.2) is 0 Å². The summed E-state index contributed by atoms with van der Waals surface area (Å²) in [5.41, 5.74) is 3.44. The normalized spacial score (nSPS) is 13.7. The smallest absolute Gasteiger partial charge is 0.118 e. The third-order valence-electron chi connectivity index (χ3n) is 4.84. The summed E-state index contributed by atoms with van der Waals surface area (Å²) in [5.74, 6) is 1.33. The molecule has 3 nitrogen and oxygen atoms in total. The van der Waals surface area contributed by atoms with Gasteiger partial charge in [-0.15, -0.1) is 0 Å². The van der Waals surface area contributed by atoms with Crippen LogP contribution in [0.3, 0.4) is 0 Å². The van der Waals surface area contributed by atoms with E-state index in [9.17, 15) is 10.2 Å². The zero-order chi connectivity index (χ0) is 21.5. The van der Waals surface area contributed by atoms with Gasteiger partial charge in [-0.2, -0.15) is 0 Å². The van der Waals surface area contributed by atoms with Gasteiger partial charge in [0.15, 0.2) is 0 Å². The van der Waals surface area contributed by atoms with Crippen molar-refractivity contribution >= 4 is 0 Å². The first kappa shape index (κ1) is 24.2. The lowest BCUT2D eigenvalue weighted by molar-refractivity contribution is 0.126. The van der Waals surface area contributed by atoms with Gasteiger partial charge in [-0.05, 0) is 46.1 Å². The maximum atomic E-state index is 9.89. The van der Waals surface area contributed by atoms with E-state index in [-0.39, 0.29) is 29.5 Å². The Morgan fingerprint density at radius 1 is 0.679 bits per heavy atom. The van der Waals surface area contributed by atoms with E-state index in [4.69, 9.17) is 4.74 Å². The number of aliphatic hydroxyl groups excluding tert-OH is 2. The number of hydrogen-bond donors (Lipinski definition) is 2. The summed E-state index contributed by atoms with van der Waals surface area (Å²) < 4.78 is 5.03. The Morgan fingerprint density at radius 2 is 1.04 bits per heavy atom. The first-order valence-corrected chi connectivity index (χ1v) is 10.1. The van der Waals surface area contributed by atoms with Crippen molar-refractivity contribution in [2.45, 2.75) is 66.1 Å². The minimum atomic E-state index is -0.383. The van der Waals surface area contributed by atoms with Crippen LogP contribution in [0.5, 0.6) is 5.75 Å². The van der Waals surface area contributed by atoms with Gasteiger partial charge in [0.2, 0.25) is 0 Å². The van der Waals surface area contributed by atoms with Crippen molar-refractivity contribution in [2.75, 3.05) is 7.11 Å². The van der Waals surface area contributed by atoms with Crippen LogP contribution in [0.15, 0.2) is 48.5 Å². The highest BCUT2D eigenvalue weighted by atomic mass is 16.5. The van der Waals surface area contributed by atoms with Crippen molar-refractivity contribution in [1.82, 2.24) is 0 Å². The molecular formula is C25H38O3. The predicted octanol–water partition coefficient (Wildman–Crippen LogP) is 6.06. The van der Waals surface area contributed by atoms with E-state index >= 15 is 0 Å². The Morgan fingerprint density at radius 3 is 1.32 bits per heavy atom. The van der Waals surface area contributed by atoms with Crippen LogP contribution >= 0.6 is 0 Å². The molecule has 2 N–H and O–H groups in total. The van der Waals surface area contributed by atoms with E-state index in [0.717, 1.165) is 16.9 Å². The summed E-state index contributed by atoms with van der Waals surface area (Å²) >= 11 is 0. The second kappa shape index (κ2) is 10.6. The summed E-state index contributed by atoms with van der Waals surface area (Å²) in [6, 6.07) is 15.8. The van der Waals surface area contributed by atoms with E-state index in [2.05, 4.69) is 32.9 Å². The molecule has 0 bridgehead atoms. The summed E-state index contributed by atoms with van der Waals surface area (Å²) in [7, 11) is 1.63. The van der Waals surface area contributed by atoms with Crippen molar-refractivity contribution in [3.63, 3.8) is 0 Å². The molecule has 2 atom stereocenters. The van der Waals surface area contributed by atoms with E-state index in [1.165, 1.54) is 5.56 Å². The molecule has 0 saturated carbocycles. The topological polar surface area (TPSA) is 49.7 Å². The van der Waals surface area contributed by atoms with Gasteiger partial charge in [-0.3, -0.25) is 0 Å². The largest absolute Gasteiger partial charge is 0.497 e. The monoisotopic (exact) mass is 386 g/mol. The molecule has 0 spiro atoms. The summed E-state index contributed by atoms with van der Waals surface area (Å²) in [5, 5.41) is 19.6. The number of benzene rings is 2. The van der Waals surface area contributed by atoms with Gasteiger partial charge in [0.05, 0.1) is 19.3 Å². The third kappa shape index (κ3) is 7.29. The molecule has 156 valence electrons. The highest BCUT2D eigenvalue weighted by Gasteiger charge is 2.16. The van der Waals surface area contributed by atoms with Gasteiger partial charge in [0.25, 0.3) is 0 Å². The predicted molar refractivity (Wildman–Crippen MR) is 118 cm³/mol. The molecule has 0 saturated heterocycles. The van der Waals surface area contributed by atoms with Crippen molar-refractivity contribution in [3.8, 4) is 5.75 Å². The van der Waals surface area contributed by atoms with Crippen LogP contribution in [0.4, 0.5) is 0 Å². The Hall–Kier alpha value is -1.84. The second-order valence-corrected chi connectivity index (χ2v) is 9.02. The van der Waals surface area contributed by atoms with Gasteiger partial charge < -0.3 is 14.9 Å². The SMILES string of the molecule is CC(C)C(O)c1ccc(C(C)(C)C)cc1.COc1ccc(C(O)C(C)C)cc1. The lowest BCUT2D eigenvalue weighted by Gasteiger charge is -2.21. The van der Waals surface area contributed by atoms with Crippen LogP contribution in [-0.2, 0) is 5.41 Å². The van der Waals surface area contributed by atoms with Crippen LogP contribution in [0.2, 0.25) is 0 Å². The summed E-state index contributed by atoms with van der Waals surface area (Å²) in [4.78, 5) is 0. The molecule has 3 heteroatoms. The number of rotatable bonds is 5. The van der Waals surface area contributed by atoms with E-state index < -0.39 is 0 Å². The molecule has 0 fully saturated rings. The first-order chi connectivity index (χ1) is 13.0. The molecule has 0 heterocycles. The third-order valence-corrected chi connectivity index (χ3v) is 4.84. The van der Waals surface area contributed by atoms with Gasteiger partial charge in [0, 0.05) is 0 Å². The van der Waals surface area contributed by atoms with Crippen molar-refractivity contribution in [1.29, 1.82) is 0 Å². The zero-order valence-corrected chi connectivity index (χ0v) is 18.7. The molecule has 0 aliphatic heterocycles. The molecule has 0 amide bonds. The van der Waals surface area contributed by atoms with Gasteiger partial charge in [-0.1, -0.05) is 84.9 Å². The standard InChI is InChI=1S/C14H22O.C11H16O2/c1-10(2)13(15)11-6-8-12(9-7-11)14(3,4)5;1-8(2)11(12)9-4-6-10(13-3)7-5-9/h6-10,13,15H,1-5H3;4-8,11-12H,1-3H3. The van der Waals surface area contributed by atoms with Crippen LogP contribution in [0.25, 0.3) is 0 Å². The molecule has 2 rings (SSSR count). The molecule has 0 aliphatic rings.